The number of hydrogen-bond acceptors (Lipinski definition) is 4. The van der Waals surface area contributed by atoms with E-state index < -0.39 is 0 Å². The molecular formula is C15H18N4. The number of rotatable bonds is 3. The molecule has 0 radical (unpaired) electrons. The van der Waals surface area contributed by atoms with E-state index in [0.29, 0.717) is 11.4 Å². The Hall–Kier alpha value is -1.81. The van der Waals surface area contributed by atoms with Crippen LogP contribution in [0.1, 0.15) is 12.8 Å². The molecule has 4 heteroatoms. The van der Waals surface area contributed by atoms with E-state index in [9.17, 15) is 0 Å². The molecule has 0 unspecified atom stereocenters. The minimum atomic E-state index is 0.358. The minimum absolute atomic E-state index is 0.358. The Balaban J connectivity index is 1.55. The fourth-order valence-electron chi connectivity index (χ4n) is 3.48. The first-order chi connectivity index (χ1) is 9.24. The Morgan fingerprint density at radius 2 is 2.26 bits per heavy atom. The van der Waals surface area contributed by atoms with Crippen LogP contribution < -0.4 is 16.4 Å². The van der Waals surface area contributed by atoms with Crippen molar-refractivity contribution in [2.75, 3.05) is 24.1 Å². The molecule has 1 aromatic carbocycles. The van der Waals surface area contributed by atoms with Crippen LogP contribution in [0.5, 0.6) is 0 Å². The molecule has 5 rings (SSSR count). The van der Waals surface area contributed by atoms with Crippen LogP contribution in [0.4, 0.5) is 11.5 Å². The Morgan fingerprint density at radius 1 is 1.37 bits per heavy atom. The minimum Gasteiger partial charge on any atom is -0.383 e. The highest BCUT2D eigenvalue weighted by atomic mass is 15.1. The molecule has 0 amide bonds. The quantitative estimate of drug-likeness (QED) is 0.783. The van der Waals surface area contributed by atoms with Gasteiger partial charge in [0.15, 0.2) is 0 Å². The highest BCUT2D eigenvalue weighted by Crippen LogP contribution is 2.43. The Morgan fingerprint density at radius 3 is 3.05 bits per heavy atom. The van der Waals surface area contributed by atoms with Gasteiger partial charge in [-0.25, -0.2) is 4.98 Å². The van der Waals surface area contributed by atoms with Crippen LogP contribution in [0.15, 0.2) is 30.5 Å². The number of nitrogens with two attached hydrogens (primary N) is 1. The molecule has 2 aromatic rings. The number of anilines is 2. The summed E-state index contributed by atoms with van der Waals surface area (Å²) in [6.45, 7) is 2.21. The van der Waals surface area contributed by atoms with Crippen LogP contribution >= 0.6 is 0 Å². The van der Waals surface area contributed by atoms with Gasteiger partial charge in [-0.2, -0.15) is 0 Å². The first-order valence-corrected chi connectivity index (χ1v) is 6.87. The lowest BCUT2D eigenvalue weighted by atomic mass is 9.73. The molecule has 3 heterocycles. The van der Waals surface area contributed by atoms with Crippen molar-refractivity contribution >= 4 is 22.3 Å². The van der Waals surface area contributed by atoms with Crippen LogP contribution in [0.2, 0.25) is 0 Å². The summed E-state index contributed by atoms with van der Waals surface area (Å²) in [6, 6.07) is 8.28. The molecule has 2 bridgehead atoms. The molecule has 19 heavy (non-hydrogen) atoms. The molecule has 3 aliphatic rings. The first-order valence-electron chi connectivity index (χ1n) is 6.87. The maximum Gasteiger partial charge on any atom is 0.131 e. The largest absolute Gasteiger partial charge is 0.383 e. The summed E-state index contributed by atoms with van der Waals surface area (Å²) >= 11 is 0. The number of nitrogens with zero attached hydrogens (tertiary/aromatic N) is 1. The van der Waals surface area contributed by atoms with Gasteiger partial charge in [0.05, 0.1) is 0 Å². The molecule has 4 N–H and O–H groups in total. The standard InChI is InChI=1S/C15H18N4/c16-14-13-2-1-12(5-11(13)3-4-17-14)18-9-15-6-10(7-15)8-19-15/h1-5,10,18-19H,6-9H2,(H2,16,17). The average molecular weight is 254 g/mol. The molecule has 1 aromatic heterocycles. The average Bonchev–Trinajstić information content (AvgIpc) is 2.96. The van der Waals surface area contributed by atoms with Crippen molar-refractivity contribution in [3.05, 3.63) is 30.5 Å². The monoisotopic (exact) mass is 254 g/mol. The maximum absolute atomic E-state index is 5.87. The molecule has 3 fully saturated rings. The van der Waals surface area contributed by atoms with Gasteiger partial charge in [0.2, 0.25) is 0 Å². The molecule has 2 saturated heterocycles. The zero-order valence-electron chi connectivity index (χ0n) is 10.8. The highest BCUT2D eigenvalue weighted by Gasteiger charge is 2.49. The predicted octanol–water partition coefficient (Wildman–Crippen LogP) is 1.98. The van der Waals surface area contributed by atoms with E-state index in [1.807, 2.05) is 12.1 Å². The molecule has 2 aliphatic heterocycles. The summed E-state index contributed by atoms with van der Waals surface area (Å²) < 4.78 is 0. The van der Waals surface area contributed by atoms with Crippen LogP contribution in [0.25, 0.3) is 10.8 Å². The molecule has 4 nitrogen and oxygen atoms in total. The Kier molecular flexibility index (Phi) is 2.23. The highest BCUT2D eigenvalue weighted by molar-refractivity contribution is 5.92. The van der Waals surface area contributed by atoms with Crippen LogP contribution in [-0.2, 0) is 0 Å². The van der Waals surface area contributed by atoms with E-state index in [0.717, 1.165) is 28.9 Å². The smallest absolute Gasteiger partial charge is 0.131 e. The van der Waals surface area contributed by atoms with Crippen molar-refractivity contribution < 1.29 is 0 Å². The van der Waals surface area contributed by atoms with Crippen molar-refractivity contribution in [1.82, 2.24) is 10.3 Å². The number of nitrogens with one attached hydrogen (secondary N) is 2. The number of pyridine rings is 1. The zero-order valence-corrected chi connectivity index (χ0v) is 10.8. The van der Waals surface area contributed by atoms with Gasteiger partial charge in [-0.05, 0) is 55.0 Å². The van der Waals surface area contributed by atoms with Gasteiger partial charge >= 0.3 is 0 Å². The predicted molar refractivity (Wildman–Crippen MR) is 78.1 cm³/mol. The molecule has 0 atom stereocenters. The summed E-state index contributed by atoms with van der Waals surface area (Å²) in [6.07, 6.45) is 4.41. The van der Waals surface area contributed by atoms with Crippen molar-refractivity contribution in [2.24, 2.45) is 5.92 Å². The number of fused-ring (bicyclic) bond motifs is 2. The second kappa shape index (κ2) is 3.84. The first kappa shape index (κ1) is 11.1. The van der Waals surface area contributed by atoms with E-state index in [4.69, 9.17) is 5.73 Å². The third-order valence-electron chi connectivity index (χ3n) is 4.55. The van der Waals surface area contributed by atoms with Gasteiger partial charge in [-0.1, -0.05) is 0 Å². The van der Waals surface area contributed by atoms with E-state index in [1.54, 1.807) is 6.20 Å². The topological polar surface area (TPSA) is 63.0 Å². The summed E-state index contributed by atoms with van der Waals surface area (Å²) in [4.78, 5) is 4.11. The third kappa shape index (κ3) is 1.75. The fourth-order valence-corrected chi connectivity index (χ4v) is 3.48. The number of aromatic nitrogens is 1. The molecule has 1 aliphatic carbocycles. The van der Waals surface area contributed by atoms with E-state index in [1.165, 1.54) is 19.4 Å². The van der Waals surface area contributed by atoms with Crippen molar-refractivity contribution in [2.45, 2.75) is 18.4 Å². The molecule has 0 spiro atoms. The summed E-state index contributed by atoms with van der Waals surface area (Å²) in [5.41, 5.74) is 7.38. The van der Waals surface area contributed by atoms with Gasteiger partial charge in [0, 0.05) is 29.4 Å². The Bertz CT molecular complexity index is 626. The lowest BCUT2D eigenvalue weighted by Crippen LogP contribution is -2.49. The second-order valence-corrected chi connectivity index (χ2v) is 5.92. The fraction of sp³-hybridized carbons (Fsp3) is 0.400. The van der Waals surface area contributed by atoms with Gasteiger partial charge < -0.3 is 16.4 Å². The number of hydrogen-bond donors (Lipinski definition) is 3. The normalized spacial score (nSPS) is 28.3. The second-order valence-electron chi connectivity index (χ2n) is 5.92. The molecule has 98 valence electrons. The lowest BCUT2D eigenvalue weighted by molar-refractivity contribution is 0.241. The maximum atomic E-state index is 5.87. The number of nitrogen functional groups attached to an aromatic ring is 1. The van der Waals surface area contributed by atoms with Crippen LogP contribution in [-0.4, -0.2) is 23.6 Å². The molecule has 1 saturated carbocycles. The van der Waals surface area contributed by atoms with E-state index in [2.05, 4.69) is 27.8 Å². The SMILES string of the molecule is Nc1nccc2cc(NCC34CC(CN3)C4)ccc12. The molecular weight excluding hydrogens is 236 g/mol. The van der Waals surface area contributed by atoms with Crippen molar-refractivity contribution in [3.8, 4) is 0 Å². The summed E-state index contributed by atoms with van der Waals surface area (Å²) in [7, 11) is 0. The Labute approximate surface area is 112 Å². The summed E-state index contributed by atoms with van der Waals surface area (Å²) in [5, 5.41) is 9.35. The van der Waals surface area contributed by atoms with Gasteiger partial charge in [-0.15, -0.1) is 0 Å². The van der Waals surface area contributed by atoms with Gasteiger partial charge in [-0.3, -0.25) is 0 Å². The van der Waals surface area contributed by atoms with Gasteiger partial charge in [0.25, 0.3) is 0 Å². The van der Waals surface area contributed by atoms with Crippen molar-refractivity contribution in [1.29, 1.82) is 0 Å². The zero-order chi connectivity index (χ0) is 12.9. The number of benzene rings is 1. The van der Waals surface area contributed by atoms with Crippen molar-refractivity contribution in [3.63, 3.8) is 0 Å². The van der Waals surface area contributed by atoms with E-state index in [-0.39, 0.29) is 0 Å². The van der Waals surface area contributed by atoms with Crippen LogP contribution in [0, 0.1) is 5.92 Å². The van der Waals surface area contributed by atoms with Crippen LogP contribution in [0.3, 0.4) is 0 Å². The van der Waals surface area contributed by atoms with Gasteiger partial charge in [0.1, 0.15) is 5.82 Å². The van der Waals surface area contributed by atoms with E-state index >= 15 is 0 Å². The third-order valence-corrected chi connectivity index (χ3v) is 4.55. The summed E-state index contributed by atoms with van der Waals surface area (Å²) in [5.74, 6) is 1.52. The lowest BCUT2D eigenvalue weighted by Gasteiger charge is -2.38.